The molecule has 2 heterocycles. The van der Waals surface area contributed by atoms with Crippen LogP contribution in [0.3, 0.4) is 0 Å². The van der Waals surface area contributed by atoms with E-state index in [1.807, 2.05) is 0 Å². The van der Waals surface area contributed by atoms with Crippen LogP contribution in [0.25, 0.3) is 0 Å². The van der Waals surface area contributed by atoms with E-state index >= 15 is 0 Å². The van der Waals surface area contributed by atoms with Crippen molar-refractivity contribution in [2.45, 2.75) is 26.8 Å². The molecule has 0 aliphatic heterocycles. The molecule has 5 heteroatoms. The number of carbonyl (C=O) groups is 1. The Bertz CT molecular complexity index is 555. The average molecular weight is 275 g/mol. The van der Waals surface area contributed by atoms with Gasteiger partial charge in [0, 0.05) is 15.4 Å². The Morgan fingerprint density at radius 1 is 1.42 bits per heavy atom. The van der Waals surface area contributed by atoms with Crippen LogP contribution in [0.2, 0.25) is 0 Å². The molecule has 1 amide bonds. The maximum absolute atomic E-state index is 11.8. The Hall–Kier alpha value is -1.88. The van der Waals surface area contributed by atoms with Crippen LogP contribution in [0, 0.1) is 13.8 Å². The number of nitrogen functional groups attached to an aromatic ring is 1. The first-order chi connectivity index (χ1) is 9.04. The second-order valence-electron chi connectivity index (χ2n) is 4.49. The molecule has 0 atom stereocenters. The Balaban J connectivity index is 1.86. The summed E-state index contributed by atoms with van der Waals surface area (Å²) in [5, 5.41) is 2.90. The minimum Gasteiger partial charge on any atom is -0.397 e. The summed E-state index contributed by atoms with van der Waals surface area (Å²) in [5.41, 5.74) is 8.15. The van der Waals surface area contributed by atoms with Crippen molar-refractivity contribution in [2.75, 3.05) is 5.73 Å². The zero-order valence-electron chi connectivity index (χ0n) is 11.1. The van der Waals surface area contributed by atoms with E-state index in [0.717, 1.165) is 5.69 Å². The SMILES string of the molecule is Cc1cc(CNC(=O)Cc2ccc(N)cn2)sc1C. The predicted octanol–water partition coefficient (Wildman–Crippen LogP) is 2.20. The summed E-state index contributed by atoms with van der Waals surface area (Å²) in [6.07, 6.45) is 1.85. The second-order valence-corrected chi connectivity index (χ2v) is 5.83. The first kappa shape index (κ1) is 13.5. The van der Waals surface area contributed by atoms with Crippen LogP contribution in [0.4, 0.5) is 5.69 Å². The van der Waals surface area contributed by atoms with E-state index in [4.69, 9.17) is 5.73 Å². The van der Waals surface area contributed by atoms with Gasteiger partial charge in [-0.1, -0.05) is 0 Å². The number of aryl methyl sites for hydroxylation is 2. The lowest BCUT2D eigenvalue weighted by atomic mass is 10.2. The van der Waals surface area contributed by atoms with Crippen molar-refractivity contribution >= 4 is 22.9 Å². The number of rotatable bonds is 4. The van der Waals surface area contributed by atoms with E-state index in [0.29, 0.717) is 12.2 Å². The van der Waals surface area contributed by atoms with Gasteiger partial charge in [-0.15, -0.1) is 11.3 Å². The molecule has 0 radical (unpaired) electrons. The number of nitrogens with two attached hydrogens (primary N) is 1. The molecule has 3 N–H and O–H groups in total. The van der Waals surface area contributed by atoms with Crippen LogP contribution >= 0.6 is 11.3 Å². The molecule has 0 aliphatic carbocycles. The van der Waals surface area contributed by atoms with Crippen molar-refractivity contribution in [3.63, 3.8) is 0 Å². The summed E-state index contributed by atoms with van der Waals surface area (Å²) in [6.45, 7) is 4.74. The average Bonchev–Trinajstić information content (AvgIpc) is 2.69. The Labute approximate surface area is 116 Å². The lowest BCUT2D eigenvalue weighted by Crippen LogP contribution is -2.24. The molecular formula is C14H17N3OS. The van der Waals surface area contributed by atoms with Crippen molar-refractivity contribution < 1.29 is 4.79 Å². The number of carbonyl (C=O) groups excluding carboxylic acids is 1. The Morgan fingerprint density at radius 2 is 2.21 bits per heavy atom. The third kappa shape index (κ3) is 3.79. The Kier molecular flexibility index (Phi) is 4.16. The first-order valence-corrected chi connectivity index (χ1v) is 6.89. The highest BCUT2D eigenvalue weighted by atomic mass is 32.1. The minimum absolute atomic E-state index is 0.0269. The number of aromatic nitrogens is 1. The van der Waals surface area contributed by atoms with E-state index < -0.39 is 0 Å². The predicted molar refractivity (Wildman–Crippen MR) is 78.0 cm³/mol. The molecular weight excluding hydrogens is 258 g/mol. The molecule has 0 aliphatic rings. The molecule has 2 aromatic rings. The largest absolute Gasteiger partial charge is 0.397 e. The van der Waals surface area contributed by atoms with Gasteiger partial charge in [0.2, 0.25) is 5.91 Å². The van der Waals surface area contributed by atoms with Crippen LogP contribution < -0.4 is 11.1 Å². The fourth-order valence-electron chi connectivity index (χ4n) is 1.69. The number of anilines is 1. The van der Waals surface area contributed by atoms with E-state index in [1.165, 1.54) is 15.3 Å². The van der Waals surface area contributed by atoms with Crippen molar-refractivity contribution in [2.24, 2.45) is 0 Å². The Morgan fingerprint density at radius 3 is 2.79 bits per heavy atom. The third-order valence-electron chi connectivity index (χ3n) is 2.87. The van der Waals surface area contributed by atoms with Gasteiger partial charge in [0.1, 0.15) is 0 Å². The number of thiophene rings is 1. The fraction of sp³-hybridized carbons (Fsp3) is 0.286. The normalized spacial score (nSPS) is 10.4. The zero-order valence-corrected chi connectivity index (χ0v) is 11.9. The molecule has 4 nitrogen and oxygen atoms in total. The molecule has 0 bridgehead atoms. The van der Waals surface area contributed by atoms with Crippen LogP contribution in [0.1, 0.15) is 21.0 Å². The lowest BCUT2D eigenvalue weighted by molar-refractivity contribution is -0.120. The van der Waals surface area contributed by atoms with Gasteiger partial charge in [0.05, 0.1) is 24.8 Å². The molecule has 19 heavy (non-hydrogen) atoms. The maximum Gasteiger partial charge on any atom is 0.226 e. The van der Waals surface area contributed by atoms with Crippen molar-refractivity contribution in [1.29, 1.82) is 0 Å². The molecule has 0 saturated heterocycles. The lowest BCUT2D eigenvalue weighted by Gasteiger charge is -2.03. The highest BCUT2D eigenvalue weighted by Crippen LogP contribution is 2.20. The monoisotopic (exact) mass is 275 g/mol. The number of hydrogen-bond acceptors (Lipinski definition) is 4. The summed E-state index contributed by atoms with van der Waals surface area (Å²) in [6, 6.07) is 5.64. The van der Waals surface area contributed by atoms with Gasteiger partial charge in [0.15, 0.2) is 0 Å². The van der Waals surface area contributed by atoms with Crippen molar-refractivity contribution in [3.05, 3.63) is 45.4 Å². The maximum atomic E-state index is 11.8. The number of amides is 1. The topological polar surface area (TPSA) is 68.0 Å². The number of hydrogen-bond donors (Lipinski definition) is 2. The molecule has 0 unspecified atom stereocenters. The van der Waals surface area contributed by atoms with E-state index in [2.05, 4.69) is 30.2 Å². The van der Waals surface area contributed by atoms with E-state index in [-0.39, 0.29) is 12.3 Å². The quantitative estimate of drug-likeness (QED) is 0.899. The van der Waals surface area contributed by atoms with Crippen molar-refractivity contribution in [1.82, 2.24) is 10.3 Å². The first-order valence-electron chi connectivity index (χ1n) is 6.07. The molecule has 100 valence electrons. The zero-order chi connectivity index (χ0) is 13.8. The van der Waals surface area contributed by atoms with Crippen LogP contribution in [-0.2, 0) is 17.8 Å². The van der Waals surface area contributed by atoms with E-state index in [1.54, 1.807) is 29.7 Å². The van der Waals surface area contributed by atoms with Crippen LogP contribution in [-0.4, -0.2) is 10.9 Å². The van der Waals surface area contributed by atoms with Gasteiger partial charge < -0.3 is 11.1 Å². The fourth-order valence-corrected chi connectivity index (χ4v) is 2.68. The van der Waals surface area contributed by atoms with Gasteiger partial charge in [-0.3, -0.25) is 9.78 Å². The standard InChI is InChI=1S/C14H17N3OS/c1-9-5-13(19-10(9)2)8-17-14(18)6-12-4-3-11(15)7-16-12/h3-5,7H,6,8,15H2,1-2H3,(H,17,18). The number of nitrogens with zero attached hydrogens (tertiary/aromatic N) is 1. The summed E-state index contributed by atoms with van der Waals surface area (Å²) in [4.78, 5) is 18.4. The summed E-state index contributed by atoms with van der Waals surface area (Å²) in [5.74, 6) is -0.0269. The smallest absolute Gasteiger partial charge is 0.226 e. The van der Waals surface area contributed by atoms with Gasteiger partial charge >= 0.3 is 0 Å². The molecule has 2 aromatic heterocycles. The van der Waals surface area contributed by atoms with Gasteiger partial charge in [-0.25, -0.2) is 0 Å². The molecule has 2 rings (SSSR count). The highest BCUT2D eigenvalue weighted by Gasteiger charge is 2.06. The third-order valence-corrected chi connectivity index (χ3v) is 4.02. The van der Waals surface area contributed by atoms with Crippen LogP contribution in [0.15, 0.2) is 24.4 Å². The van der Waals surface area contributed by atoms with Gasteiger partial charge in [-0.05, 0) is 37.6 Å². The highest BCUT2D eigenvalue weighted by molar-refractivity contribution is 7.12. The second kappa shape index (κ2) is 5.84. The van der Waals surface area contributed by atoms with Crippen molar-refractivity contribution in [3.8, 4) is 0 Å². The molecule has 0 saturated carbocycles. The van der Waals surface area contributed by atoms with Gasteiger partial charge in [-0.2, -0.15) is 0 Å². The summed E-state index contributed by atoms with van der Waals surface area (Å²) < 4.78 is 0. The van der Waals surface area contributed by atoms with Crippen LogP contribution in [0.5, 0.6) is 0 Å². The van der Waals surface area contributed by atoms with Gasteiger partial charge in [0.25, 0.3) is 0 Å². The number of nitrogens with one attached hydrogen (secondary N) is 1. The summed E-state index contributed by atoms with van der Waals surface area (Å²) >= 11 is 1.72. The minimum atomic E-state index is -0.0269. The molecule has 0 fully saturated rings. The number of pyridine rings is 1. The summed E-state index contributed by atoms with van der Waals surface area (Å²) in [7, 11) is 0. The van der Waals surface area contributed by atoms with E-state index in [9.17, 15) is 4.79 Å². The molecule has 0 spiro atoms. The molecule has 0 aromatic carbocycles.